The standard InChI is InChI=1S/C16H15FN2O3/c1-10(16(21)22-2)19-15(20)12-6-7-14(18-9-12)11-4-3-5-13(17)8-11/h3-10H,1-2H3,(H,19,20). The number of aromatic nitrogens is 1. The van der Waals surface area contributed by atoms with Gasteiger partial charge in [-0.05, 0) is 31.2 Å². The Balaban J connectivity index is 2.12. The van der Waals surface area contributed by atoms with Crippen molar-refractivity contribution in [3.05, 3.63) is 54.0 Å². The fourth-order valence-electron chi connectivity index (χ4n) is 1.86. The summed E-state index contributed by atoms with van der Waals surface area (Å²) in [6.45, 7) is 1.53. The van der Waals surface area contributed by atoms with Crippen molar-refractivity contribution in [2.45, 2.75) is 13.0 Å². The quantitative estimate of drug-likeness (QED) is 0.879. The van der Waals surface area contributed by atoms with Crippen LogP contribution in [0.4, 0.5) is 4.39 Å². The molecule has 1 amide bonds. The van der Waals surface area contributed by atoms with Crippen LogP contribution in [0.2, 0.25) is 0 Å². The summed E-state index contributed by atoms with van der Waals surface area (Å²) >= 11 is 0. The monoisotopic (exact) mass is 302 g/mol. The summed E-state index contributed by atoms with van der Waals surface area (Å²) in [6.07, 6.45) is 1.37. The van der Waals surface area contributed by atoms with Crippen molar-refractivity contribution < 1.29 is 18.7 Å². The van der Waals surface area contributed by atoms with Crippen LogP contribution in [0.25, 0.3) is 11.3 Å². The molecule has 1 aromatic carbocycles. The number of rotatable bonds is 4. The molecule has 22 heavy (non-hydrogen) atoms. The first-order valence-corrected chi connectivity index (χ1v) is 6.62. The molecule has 0 aliphatic rings. The average Bonchev–Trinajstić information content (AvgIpc) is 2.54. The largest absolute Gasteiger partial charge is 0.467 e. The second-order valence-electron chi connectivity index (χ2n) is 4.66. The summed E-state index contributed by atoms with van der Waals surface area (Å²) in [4.78, 5) is 27.4. The second-order valence-corrected chi connectivity index (χ2v) is 4.66. The molecule has 6 heteroatoms. The van der Waals surface area contributed by atoms with Gasteiger partial charge >= 0.3 is 5.97 Å². The predicted molar refractivity (Wildman–Crippen MR) is 78.6 cm³/mol. The van der Waals surface area contributed by atoms with E-state index in [9.17, 15) is 14.0 Å². The molecule has 0 bridgehead atoms. The average molecular weight is 302 g/mol. The highest BCUT2D eigenvalue weighted by atomic mass is 19.1. The lowest BCUT2D eigenvalue weighted by molar-refractivity contribution is -0.142. The van der Waals surface area contributed by atoms with Crippen LogP contribution < -0.4 is 5.32 Å². The summed E-state index contributed by atoms with van der Waals surface area (Å²) in [6, 6.07) is 8.45. The molecule has 1 unspecified atom stereocenters. The van der Waals surface area contributed by atoms with Crippen LogP contribution in [0.3, 0.4) is 0 Å². The molecule has 0 spiro atoms. The highest BCUT2D eigenvalue weighted by Gasteiger charge is 2.17. The van der Waals surface area contributed by atoms with Crippen molar-refractivity contribution in [1.29, 1.82) is 0 Å². The molecule has 2 rings (SSSR count). The minimum Gasteiger partial charge on any atom is -0.467 e. The Morgan fingerprint density at radius 3 is 2.64 bits per heavy atom. The number of carbonyl (C=O) groups excluding carboxylic acids is 2. The van der Waals surface area contributed by atoms with Gasteiger partial charge in [-0.3, -0.25) is 9.78 Å². The number of esters is 1. The molecule has 0 saturated carbocycles. The zero-order valence-corrected chi connectivity index (χ0v) is 12.2. The number of benzene rings is 1. The molecular formula is C16H15FN2O3. The molecule has 0 fully saturated rings. The fraction of sp³-hybridized carbons (Fsp3) is 0.188. The zero-order valence-electron chi connectivity index (χ0n) is 12.2. The molecule has 1 atom stereocenters. The molecule has 1 aromatic heterocycles. The number of hydrogen-bond donors (Lipinski definition) is 1. The number of hydrogen-bond acceptors (Lipinski definition) is 4. The number of nitrogens with one attached hydrogen (secondary N) is 1. The van der Waals surface area contributed by atoms with Crippen LogP contribution in [0.15, 0.2) is 42.6 Å². The molecule has 1 N–H and O–H groups in total. The third-order valence-corrected chi connectivity index (χ3v) is 3.05. The number of amides is 1. The van der Waals surface area contributed by atoms with Gasteiger partial charge in [0.05, 0.1) is 18.4 Å². The van der Waals surface area contributed by atoms with E-state index in [1.165, 1.54) is 32.4 Å². The lowest BCUT2D eigenvalue weighted by Crippen LogP contribution is -2.39. The third kappa shape index (κ3) is 3.66. The lowest BCUT2D eigenvalue weighted by atomic mass is 10.1. The van der Waals surface area contributed by atoms with E-state index in [-0.39, 0.29) is 5.82 Å². The Hall–Kier alpha value is -2.76. The van der Waals surface area contributed by atoms with Gasteiger partial charge in [0.25, 0.3) is 5.91 Å². The Kier molecular flexibility index (Phi) is 4.83. The topological polar surface area (TPSA) is 68.3 Å². The first-order valence-electron chi connectivity index (χ1n) is 6.62. The van der Waals surface area contributed by atoms with Crippen LogP contribution >= 0.6 is 0 Å². The van der Waals surface area contributed by atoms with Gasteiger partial charge in [-0.2, -0.15) is 0 Å². The first-order chi connectivity index (χ1) is 10.5. The number of halogens is 1. The SMILES string of the molecule is COC(=O)C(C)NC(=O)c1ccc(-c2cccc(F)c2)nc1. The maximum Gasteiger partial charge on any atom is 0.328 e. The van der Waals surface area contributed by atoms with Gasteiger partial charge < -0.3 is 10.1 Å². The number of nitrogens with zero attached hydrogens (tertiary/aromatic N) is 1. The van der Waals surface area contributed by atoms with E-state index in [2.05, 4.69) is 15.0 Å². The van der Waals surface area contributed by atoms with Gasteiger partial charge in [-0.15, -0.1) is 0 Å². The van der Waals surface area contributed by atoms with E-state index >= 15 is 0 Å². The first kappa shape index (κ1) is 15.6. The highest BCUT2D eigenvalue weighted by molar-refractivity contribution is 5.96. The molecule has 0 aliphatic carbocycles. The molecule has 114 valence electrons. The van der Waals surface area contributed by atoms with Gasteiger partial charge in [0, 0.05) is 11.8 Å². The van der Waals surface area contributed by atoms with Gasteiger partial charge in [0.2, 0.25) is 0 Å². The van der Waals surface area contributed by atoms with Gasteiger partial charge in [0.15, 0.2) is 0 Å². The summed E-state index contributed by atoms with van der Waals surface area (Å²) in [5.74, 6) is -1.32. The van der Waals surface area contributed by atoms with Crippen molar-refractivity contribution in [2.75, 3.05) is 7.11 Å². The molecular weight excluding hydrogens is 287 g/mol. The van der Waals surface area contributed by atoms with Crippen molar-refractivity contribution in [1.82, 2.24) is 10.3 Å². The molecule has 5 nitrogen and oxygen atoms in total. The van der Waals surface area contributed by atoms with Gasteiger partial charge in [-0.25, -0.2) is 9.18 Å². The number of carbonyl (C=O) groups is 2. The molecule has 0 saturated heterocycles. The Morgan fingerprint density at radius 1 is 1.27 bits per heavy atom. The Labute approximate surface area is 127 Å². The molecule has 2 aromatic rings. The third-order valence-electron chi connectivity index (χ3n) is 3.05. The highest BCUT2D eigenvalue weighted by Crippen LogP contribution is 2.17. The predicted octanol–water partition coefficient (Wildman–Crippen LogP) is 2.18. The van der Waals surface area contributed by atoms with Crippen LogP contribution in [0.5, 0.6) is 0 Å². The Bertz CT molecular complexity index is 686. The summed E-state index contributed by atoms with van der Waals surface area (Å²) < 4.78 is 17.7. The smallest absolute Gasteiger partial charge is 0.328 e. The Morgan fingerprint density at radius 2 is 2.05 bits per heavy atom. The van der Waals surface area contributed by atoms with E-state index in [1.54, 1.807) is 24.3 Å². The van der Waals surface area contributed by atoms with Crippen LogP contribution in [-0.2, 0) is 9.53 Å². The summed E-state index contributed by atoms with van der Waals surface area (Å²) in [7, 11) is 1.25. The van der Waals surface area contributed by atoms with Gasteiger partial charge in [-0.1, -0.05) is 12.1 Å². The van der Waals surface area contributed by atoms with Crippen molar-refractivity contribution in [2.24, 2.45) is 0 Å². The minimum atomic E-state index is -0.750. The van der Waals surface area contributed by atoms with Crippen molar-refractivity contribution >= 4 is 11.9 Å². The van der Waals surface area contributed by atoms with Crippen LogP contribution in [-0.4, -0.2) is 30.0 Å². The molecule has 1 heterocycles. The van der Waals surface area contributed by atoms with Crippen molar-refractivity contribution in [3.63, 3.8) is 0 Å². The summed E-state index contributed by atoms with van der Waals surface area (Å²) in [5, 5.41) is 2.50. The van der Waals surface area contributed by atoms with E-state index in [0.29, 0.717) is 16.8 Å². The maximum absolute atomic E-state index is 13.2. The van der Waals surface area contributed by atoms with E-state index in [1.807, 2.05) is 0 Å². The van der Waals surface area contributed by atoms with Crippen LogP contribution in [0, 0.1) is 5.82 Å². The van der Waals surface area contributed by atoms with E-state index in [0.717, 1.165) is 0 Å². The number of pyridine rings is 1. The number of methoxy groups -OCH3 is 1. The van der Waals surface area contributed by atoms with E-state index in [4.69, 9.17) is 0 Å². The fourth-order valence-corrected chi connectivity index (χ4v) is 1.86. The summed E-state index contributed by atoms with van der Waals surface area (Å²) in [5.41, 5.74) is 1.47. The van der Waals surface area contributed by atoms with Gasteiger partial charge in [0.1, 0.15) is 11.9 Å². The zero-order chi connectivity index (χ0) is 16.1. The minimum absolute atomic E-state index is 0.302. The normalized spacial score (nSPS) is 11.6. The molecule has 0 aliphatic heterocycles. The second kappa shape index (κ2) is 6.80. The molecule has 0 radical (unpaired) electrons. The lowest BCUT2D eigenvalue weighted by Gasteiger charge is -2.11. The van der Waals surface area contributed by atoms with Crippen molar-refractivity contribution in [3.8, 4) is 11.3 Å². The van der Waals surface area contributed by atoms with E-state index < -0.39 is 17.9 Å². The maximum atomic E-state index is 13.2. The van der Waals surface area contributed by atoms with Crippen LogP contribution in [0.1, 0.15) is 17.3 Å². The number of ether oxygens (including phenoxy) is 1.